The lowest BCUT2D eigenvalue weighted by atomic mass is 9.90. The minimum Gasteiger partial charge on any atom is -0.361 e. The summed E-state index contributed by atoms with van der Waals surface area (Å²) in [5.41, 5.74) is 2.94. The summed E-state index contributed by atoms with van der Waals surface area (Å²) in [7, 11) is 0. The maximum Gasteiger partial charge on any atom is 0.259 e. The molecule has 5 heterocycles. The second-order valence-electron chi connectivity index (χ2n) is 7.60. The molecule has 0 aliphatic carbocycles. The van der Waals surface area contributed by atoms with Crippen molar-refractivity contribution in [2.45, 2.75) is 25.7 Å². The highest BCUT2D eigenvalue weighted by atomic mass is 16.5. The van der Waals surface area contributed by atoms with Gasteiger partial charge in [-0.25, -0.2) is 0 Å². The molecule has 0 spiro atoms. The lowest BCUT2D eigenvalue weighted by Gasteiger charge is -2.16. The van der Waals surface area contributed by atoms with Crippen LogP contribution in [0.5, 0.6) is 0 Å². The van der Waals surface area contributed by atoms with Crippen molar-refractivity contribution in [2.75, 3.05) is 13.1 Å². The van der Waals surface area contributed by atoms with Gasteiger partial charge in [0, 0.05) is 49.4 Å². The van der Waals surface area contributed by atoms with Crippen molar-refractivity contribution in [3.8, 4) is 11.4 Å². The van der Waals surface area contributed by atoms with E-state index in [1.54, 1.807) is 37.3 Å². The summed E-state index contributed by atoms with van der Waals surface area (Å²) in [6.07, 6.45) is 6.92. The molecule has 1 amide bonds. The molecule has 1 aliphatic rings. The number of amides is 1. The summed E-state index contributed by atoms with van der Waals surface area (Å²) < 4.78 is 10.8. The van der Waals surface area contributed by atoms with E-state index in [0.29, 0.717) is 41.8 Å². The Bertz CT molecular complexity index is 1180. The van der Waals surface area contributed by atoms with Crippen molar-refractivity contribution in [3.05, 3.63) is 77.5 Å². The number of rotatable bonds is 4. The summed E-state index contributed by atoms with van der Waals surface area (Å²) >= 11 is 0. The first-order chi connectivity index (χ1) is 15.1. The first-order valence-corrected chi connectivity index (χ1v) is 9.98. The third-order valence-corrected chi connectivity index (χ3v) is 5.66. The molecule has 5 rings (SSSR count). The largest absolute Gasteiger partial charge is 0.361 e. The zero-order valence-corrected chi connectivity index (χ0v) is 17.1. The van der Waals surface area contributed by atoms with Gasteiger partial charge in [0.15, 0.2) is 0 Å². The first kappa shape index (κ1) is 19.1. The van der Waals surface area contributed by atoms with E-state index in [1.165, 1.54) is 0 Å². The summed E-state index contributed by atoms with van der Waals surface area (Å²) in [5, 5.41) is 8.07. The zero-order valence-electron chi connectivity index (χ0n) is 17.1. The Kier molecular flexibility index (Phi) is 4.78. The highest BCUT2D eigenvalue weighted by molar-refractivity contribution is 5.96. The van der Waals surface area contributed by atoms with E-state index in [1.807, 2.05) is 30.5 Å². The highest BCUT2D eigenvalue weighted by Crippen LogP contribution is 2.40. The van der Waals surface area contributed by atoms with Crippen LogP contribution in [0, 0.1) is 13.8 Å². The number of pyridine rings is 2. The van der Waals surface area contributed by atoms with Crippen LogP contribution in [-0.4, -0.2) is 49.2 Å². The number of carbonyl (C=O) groups excluding carboxylic acids is 1. The number of hydrogen-bond donors (Lipinski definition) is 0. The van der Waals surface area contributed by atoms with Crippen LogP contribution in [0.15, 0.2) is 58.1 Å². The van der Waals surface area contributed by atoms with Gasteiger partial charge < -0.3 is 13.9 Å². The van der Waals surface area contributed by atoms with Crippen molar-refractivity contribution >= 4 is 5.91 Å². The van der Waals surface area contributed by atoms with E-state index in [4.69, 9.17) is 9.05 Å². The van der Waals surface area contributed by atoms with Crippen LogP contribution >= 0.6 is 0 Å². The molecule has 0 bridgehead atoms. The Morgan fingerprint density at radius 2 is 1.81 bits per heavy atom. The van der Waals surface area contributed by atoms with Crippen molar-refractivity contribution in [3.63, 3.8) is 0 Å². The molecule has 1 fully saturated rings. The number of carbonyl (C=O) groups is 1. The Morgan fingerprint density at radius 1 is 1.00 bits per heavy atom. The van der Waals surface area contributed by atoms with Crippen LogP contribution in [0.1, 0.15) is 45.1 Å². The molecule has 0 aromatic carbocycles. The predicted octanol–water partition coefficient (Wildman–Crippen LogP) is 3.15. The van der Waals surface area contributed by atoms with Gasteiger partial charge in [-0.05, 0) is 37.6 Å². The fourth-order valence-electron chi connectivity index (χ4n) is 4.10. The van der Waals surface area contributed by atoms with E-state index < -0.39 is 0 Å². The minimum atomic E-state index is -0.156. The molecule has 2 atom stereocenters. The van der Waals surface area contributed by atoms with E-state index in [0.717, 1.165) is 11.1 Å². The minimum absolute atomic E-state index is 0.0242. The van der Waals surface area contributed by atoms with E-state index in [-0.39, 0.29) is 17.7 Å². The maximum absolute atomic E-state index is 13.3. The Morgan fingerprint density at radius 3 is 2.52 bits per heavy atom. The molecule has 156 valence electrons. The molecule has 4 aromatic heterocycles. The number of likely N-dealkylation sites (tertiary alicyclic amines) is 1. The van der Waals surface area contributed by atoms with Crippen molar-refractivity contribution in [2.24, 2.45) is 0 Å². The van der Waals surface area contributed by atoms with Crippen molar-refractivity contribution < 1.29 is 13.8 Å². The average molecular weight is 416 g/mol. The monoisotopic (exact) mass is 416 g/mol. The van der Waals surface area contributed by atoms with Gasteiger partial charge in [0.1, 0.15) is 11.3 Å². The normalized spacial score (nSPS) is 18.5. The molecular formula is C22H20N6O3. The van der Waals surface area contributed by atoms with Gasteiger partial charge in [0.25, 0.3) is 5.91 Å². The molecule has 0 saturated carbocycles. The van der Waals surface area contributed by atoms with E-state index in [9.17, 15) is 4.79 Å². The quantitative estimate of drug-likeness (QED) is 0.499. The zero-order chi connectivity index (χ0) is 21.4. The van der Waals surface area contributed by atoms with Gasteiger partial charge in [0.05, 0.1) is 11.6 Å². The van der Waals surface area contributed by atoms with Crippen molar-refractivity contribution in [1.82, 2.24) is 30.2 Å². The van der Waals surface area contributed by atoms with Crippen LogP contribution in [0.2, 0.25) is 0 Å². The van der Waals surface area contributed by atoms with Crippen LogP contribution in [0.3, 0.4) is 0 Å². The molecule has 1 saturated heterocycles. The SMILES string of the molecule is Cc1noc(C)c1C(=O)N1C[C@@H](c2cccnc2)[C@H](c2nc(-c3ccncc3)no2)C1. The molecule has 0 N–H and O–H groups in total. The second-order valence-corrected chi connectivity index (χ2v) is 7.60. The second kappa shape index (κ2) is 7.75. The summed E-state index contributed by atoms with van der Waals surface area (Å²) in [6.45, 7) is 4.47. The molecular weight excluding hydrogens is 396 g/mol. The lowest BCUT2D eigenvalue weighted by Crippen LogP contribution is -2.29. The Balaban J connectivity index is 1.49. The van der Waals surface area contributed by atoms with Gasteiger partial charge in [-0.3, -0.25) is 14.8 Å². The van der Waals surface area contributed by atoms with Gasteiger partial charge in [-0.15, -0.1) is 0 Å². The topological polar surface area (TPSA) is 111 Å². The lowest BCUT2D eigenvalue weighted by molar-refractivity contribution is 0.0785. The van der Waals surface area contributed by atoms with Gasteiger partial charge >= 0.3 is 0 Å². The number of aromatic nitrogens is 5. The summed E-state index contributed by atoms with van der Waals surface area (Å²) in [6, 6.07) is 7.56. The van der Waals surface area contributed by atoms with Gasteiger partial charge in [0.2, 0.25) is 11.7 Å². The van der Waals surface area contributed by atoms with Crippen molar-refractivity contribution in [1.29, 1.82) is 0 Å². The fourth-order valence-corrected chi connectivity index (χ4v) is 4.10. The smallest absolute Gasteiger partial charge is 0.259 e. The third-order valence-electron chi connectivity index (χ3n) is 5.66. The number of aryl methyl sites for hydroxylation is 2. The average Bonchev–Trinajstić information content (AvgIpc) is 3.53. The molecule has 1 aliphatic heterocycles. The summed E-state index contributed by atoms with van der Waals surface area (Å²) in [4.78, 5) is 28.0. The molecule has 9 nitrogen and oxygen atoms in total. The highest BCUT2D eigenvalue weighted by Gasteiger charge is 2.41. The van der Waals surface area contributed by atoms with Gasteiger partial charge in [-0.1, -0.05) is 16.4 Å². The van der Waals surface area contributed by atoms with Crippen LogP contribution < -0.4 is 0 Å². The third kappa shape index (κ3) is 3.48. The van der Waals surface area contributed by atoms with Crippen LogP contribution in [-0.2, 0) is 0 Å². The Hall–Kier alpha value is -3.88. The molecule has 0 unspecified atom stereocenters. The standard InChI is InChI=1S/C22H20N6O3/c1-13-19(14(2)30-26-13)22(29)28-11-17(16-4-3-7-24-10-16)18(12-28)21-25-20(27-31-21)15-5-8-23-9-6-15/h3-10,17-18H,11-12H2,1-2H3/t17-,18+/m0/s1. The summed E-state index contributed by atoms with van der Waals surface area (Å²) in [5.74, 6) is 1.22. The fraction of sp³-hybridized carbons (Fsp3) is 0.273. The number of hydrogen-bond acceptors (Lipinski definition) is 8. The predicted molar refractivity (Wildman–Crippen MR) is 109 cm³/mol. The molecule has 0 radical (unpaired) electrons. The number of nitrogens with zero attached hydrogens (tertiary/aromatic N) is 6. The van der Waals surface area contributed by atoms with E-state index >= 15 is 0 Å². The maximum atomic E-state index is 13.3. The van der Waals surface area contributed by atoms with Gasteiger partial charge in [-0.2, -0.15) is 4.98 Å². The Labute approximate surface area is 178 Å². The molecule has 4 aromatic rings. The van der Waals surface area contributed by atoms with Crippen LogP contribution in [0.4, 0.5) is 0 Å². The van der Waals surface area contributed by atoms with Crippen LogP contribution in [0.25, 0.3) is 11.4 Å². The molecule has 31 heavy (non-hydrogen) atoms. The first-order valence-electron chi connectivity index (χ1n) is 9.98. The molecule has 9 heteroatoms. The van der Waals surface area contributed by atoms with E-state index in [2.05, 4.69) is 25.3 Å².